The highest BCUT2D eigenvalue weighted by Crippen LogP contribution is 2.46. The van der Waals surface area contributed by atoms with Crippen molar-refractivity contribution in [3.05, 3.63) is 47.5 Å². The van der Waals surface area contributed by atoms with Crippen LogP contribution in [0.15, 0.2) is 36.4 Å². The number of rotatable bonds is 8. The number of benzene rings is 1. The molecule has 0 radical (unpaired) electrons. The topological polar surface area (TPSA) is 184 Å². The van der Waals surface area contributed by atoms with Gasteiger partial charge in [-0.25, -0.2) is 18.0 Å². The fraction of sp³-hybridized carbons (Fsp3) is 0.698. The third-order valence-corrected chi connectivity index (χ3v) is 15.3. The molecule has 4 aliphatic heterocycles. The van der Waals surface area contributed by atoms with Gasteiger partial charge in [-0.15, -0.1) is 0 Å². The molecule has 3 aliphatic carbocycles. The molecule has 2 saturated heterocycles. The zero-order chi connectivity index (χ0) is 41.1. The molecule has 16 heteroatoms. The summed E-state index contributed by atoms with van der Waals surface area (Å²) in [5, 5.41) is 5.06. The summed E-state index contributed by atoms with van der Waals surface area (Å²) >= 11 is 0. The van der Waals surface area contributed by atoms with Gasteiger partial charge in [0.2, 0.25) is 21.8 Å². The Balaban J connectivity index is 1.04. The van der Waals surface area contributed by atoms with E-state index < -0.39 is 74.8 Å². The summed E-state index contributed by atoms with van der Waals surface area (Å²) in [6, 6.07) is 5.79. The predicted octanol–water partition coefficient (Wildman–Crippen LogP) is 4.22. The Kier molecular flexibility index (Phi) is 12.5. The molecule has 1 aromatic carbocycles. The van der Waals surface area contributed by atoms with Crippen molar-refractivity contribution in [1.29, 1.82) is 0 Å². The number of carbonyl (C=O) groups is 5. The molecule has 15 nitrogen and oxygen atoms in total. The van der Waals surface area contributed by atoms with Gasteiger partial charge in [-0.1, -0.05) is 55.7 Å². The standard InChI is InChI=1S/C43H60N6O9S/c50-38-36-25-32(58-42(54)48-24-21-29-13-7-10-17-34(29)37(48)28-47-22-11-4-12-23-47)27-49(36)39(51)35(44-41(53)57-31-15-8-9-16-31)18-6-3-1-2-5-14-30-26-43(30,45-38)40(52)46-59(55,56)33-19-20-33/h5,7,10,13-14,17,30-33,35-37H,1-4,6,8-9,11-12,15-16,18-28H2,(H,44,53)(H,45,50)(H,46,52)/t30-,32-,35+,36+,37?,43-/m1/s1. The zero-order valence-electron chi connectivity index (χ0n) is 34.0. The molecule has 3 saturated carbocycles. The van der Waals surface area contributed by atoms with Crippen LogP contribution in [0.25, 0.3) is 0 Å². The Labute approximate surface area is 347 Å². The monoisotopic (exact) mass is 836 g/mol. The Hall–Kier alpha value is -4.18. The smallest absolute Gasteiger partial charge is 0.410 e. The van der Waals surface area contributed by atoms with Gasteiger partial charge in [0.25, 0.3) is 5.91 Å². The molecule has 5 amide bonds. The van der Waals surface area contributed by atoms with Crippen LogP contribution >= 0.6 is 0 Å². The SMILES string of the molecule is O=C(N[C@H]1CCCCCC=C[C@@H]2C[C@@]2(C(=O)NS(=O)(=O)C2CC2)NC(=O)[C@@H]2C[C@@H](OC(=O)N3CCc4ccccc4C3CN3CCCCC3)CN2C1=O)OC1CCCC1. The molecule has 59 heavy (non-hydrogen) atoms. The van der Waals surface area contributed by atoms with E-state index in [1.165, 1.54) is 16.9 Å². The first kappa shape index (κ1) is 41.5. The molecule has 8 rings (SSSR count). The van der Waals surface area contributed by atoms with E-state index in [4.69, 9.17) is 9.47 Å². The van der Waals surface area contributed by atoms with E-state index in [9.17, 15) is 32.4 Å². The number of ether oxygens (including phenoxy) is 2. The minimum Gasteiger partial charge on any atom is -0.446 e. The molecule has 1 unspecified atom stereocenters. The van der Waals surface area contributed by atoms with Crippen LogP contribution in [0.1, 0.15) is 120 Å². The number of fused-ring (bicyclic) bond motifs is 3. The third-order valence-electron chi connectivity index (χ3n) is 13.5. The van der Waals surface area contributed by atoms with Crippen molar-refractivity contribution in [2.75, 3.05) is 32.7 Å². The number of nitrogens with one attached hydrogen (secondary N) is 3. The lowest BCUT2D eigenvalue weighted by Gasteiger charge is -2.40. The van der Waals surface area contributed by atoms with E-state index in [1.54, 1.807) is 4.90 Å². The van der Waals surface area contributed by atoms with Gasteiger partial charge in [-0.05, 0) is 108 Å². The number of piperidine rings is 1. The number of alkyl carbamates (subject to hydrolysis) is 1. The molecule has 0 aromatic heterocycles. The molecule has 4 heterocycles. The second-order valence-electron chi connectivity index (χ2n) is 17.8. The predicted molar refractivity (Wildman–Crippen MR) is 217 cm³/mol. The first-order chi connectivity index (χ1) is 28.5. The maximum atomic E-state index is 14.7. The summed E-state index contributed by atoms with van der Waals surface area (Å²) in [6.07, 6.45) is 13.4. The van der Waals surface area contributed by atoms with Crippen LogP contribution < -0.4 is 15.4 Å². The third kappa shape index (κ3) is 9.58. The van der Waals surface area contributed by atoms with Gasteiger partial charge in [-0.2, -0.15) is 0 Å². The Morgan fingerprint density at radius 3 is 2.39 bits per heavy atom. The average molecular weight is 837 g/mol. The Morgan fingerprint density at radius 2 is 1.61 bits per heavy atom. The highest BCUT2D eigenvalue weighted by molar-refractivity contribution is 7.91. The zero-order valence-corrected chi connectivity index (χ0v) is 34.8. The number of hydrogen-bond acceptors (Lipinski definition) is 10. The second-order valence-corrected chi connectivity index (χ2v) is 19.7. The van der Waals surface area contributed by atoms with Gasteiger partial charge in [0.15, 0.2) is 0 Å². The maximum Gasteiger partial charge on any atom is 0.410 e. The second kappa shape index (κ2) is 17.8. The Morgan fingerprint density at radius 1 is 0.864 bits per heavy atom. The largest absolute Gasteiger partial charge is 0.446 e. The van der Waals surface area contributed by atoms with E-state index in [2.05, 4.69) is 32.4 Å². The number of nitrogens with zero attached hydrogens (tertiary/aromatic N) is 3. The lowest BCUT2D eigenvalue weighted by Crippen LogP contribution is -2.58. The maximum absolute atomic E-state index is 14.7. The number of likely N-dealkylation sites (tertiary alicyclic amines) is 1. The fourth-order valence-corrected chi connectivity index (χ4v) is 11.2. The molecule has 7 aliphatic rings. The van der Waals surface area contributed by atoms with Gasteiger partial charge in [0.05, 0.1) is 17.8 Å². The number of sulfonamides is 1. The molecular formula is C43H60N6O9S. The molecule has 0 bridgehead atoms. The van der Waals surface area contributed by atoms with Gasteiger partial charge >= 0.3 is 12.2 Å². The van der Waals surface area contributed by atoms with Crippen molar-refractivity contribution in [1.82, 2.24) is 30.1 Å². The van der Waals surface area contributed by atoms with E-state index in [1.807, 2.05) is 24.3 Å². The minimum absolute atomic E-state index is 0.0393. The quantitative estimate of drug-likeness (QED) is 0.321. The van der Waals surface area contributed by atoms with E-state index >= 15 is 0 Å². The van der Waals surface area contributed by atoms with Crippen molar-refractivity contribution in [2.45, 2.75) is 150 Å². The molecule has 0 spiro atoms. The van der Waals surface area contributed by atoms with Crippen LogP contribution in [0.4, 0.5) is 9.59 Å². The van der Waals surface area contributed by atoms with Crippen LogP contribution in [-0.2, 0) is 40.3 Å². The van der Waals surface area contributed by atoms with Crippen LogP contribution in [0.5, 0.6) is 0 Å². The first-order valence-electron chi connectivity index (χ1n) is 22.1. The number of allylic oxidation sites excluding steroid dienone is 1. The number of amides is 5. The van der Waals surface area contributed by atoms with Crippen molar-refractivity contribution >= 4 is 39.9 Å². The summed E-state index contributed by atoms with van der Waals surface area (Å²) < 4.78 is 40.0. The fourth-order valence-electron chi connectivity index (χ4n) is 9.85. The van der Waals surface area contributed by atoms with E-state index in [0.29, 0.717) is 51.6 Å². The molecule has 322 valence electrons. The molecule has 6 atom stereocenters. The molecule has 3 N–H and O–H groups in total. The molecule has 1 aromatic rings. The van der Waals surface area contributed by atoms with Crippen LogP contribution in [0.2, 0.25) is 0 Å². The Bertz CT molecular complexity index is 1890. The van der Waals surface area contributed by atoms with Crippen LogP contribution in [0.3, 0.4) is 0 Å². The van der Waals surface area contributed by atoms with Crippen LogP contribution in [-0.4, -0.2) is 121 Å². The minimum atomic E-state index is -3.91. The summed E-state index contributed by atoms with van der Waals surface area (Å²) in [7, 11) is -3.91. The molecule has 5 fully saturated rings. The van der Waals surface area contributed by atoms with Crippen molar-refractivity contribution in [3.63, 3.8) is 0 Å². The number of carbonyl (C=O) groups excluding carboxylic acids is 5. The van der Waals surface area contributed by atoms with E-state index in [-0.39, 0.29) is 31.5 Å². The van der Waals surface area contributed by atoms with Crippen LogP contribution in [0, 0.1) is 5.92 Å². The average Bonchev–Trinajstić information content (AvgIpc) is 4.10. The van der Waals surface area contributed by atoms with Crippen molar-refractivity contribution < 1.29 is 41.9 Å². The highest BCUT2D eigenvalue weighted by Gasteiger charge is 2.62. The van der Waals surface area contributed by atoms with Crippen molar-refractivity contribution in [2.24, 2.45) is 5.92 Å². The highest BCUT2D eigenvalue weighted by atomic mass is 32.2. The number of hydrogen-bond donors (Lipinski definition) is 3. The van der Waals surface area contributed by atoms with Gasteiger partial charge in [-0.3, -0.25) is 24.0 Å². The van der Waals surface area contributed by atoms with E-state index in [0.717, 1.165) is 70.0 Å². The first-order valence-corrected chi connectivity index (χ1v) is 23.6. The van der Waals surface area contributed by atoms with Gasteiger partial charge in [0, 0.05) is 25.4 Å². The van der Waals surface area contributed by atoms with Gasteiger partial charge in [0.1, 0.15) is 29.8 Å². The summed E-state index contributed by atoms with van der Waals surface area (Å²) in [4.78, 5) is 76.0. The van der Waals surface area contributed by atoms with Crippen molar-refractivity contribution in [3.8, 4) is 0 Å². The summed E-state index contributed by atoms with van der Waals surface area (Å²) in [6.45, 7) is 2.96. The summed E-state index contributed by atoms with van der Waals surface area (Å²) in [5.41, 5.74) is 0.771. The lowest BCUT2D eigenvalue weighted by molar-refractivity contribution is -0.141. The molecular weight excluding hydrogens is 777 g/mol. The normalized spacial score (nSPS) is 30.8. The lowest BCUT2D eigenvalue weighted by atomic mass is 9.92. The van der Waals surface area contributed by atoms with Gasteiger partial charge < -0.3 is 29.9 Å². The summed E-state index contributed by atoms with van der Waals surface area (Å²) in [5.74, 6) is -2.39.